The van der Waals surface area contributed by atoms with Crippen LogP contribution < -0.4 is 10.8 Å². The number of amidine groups is 1. The van der Waals surface area contributed by atoms with Crippen molar-refractivity contribution in [1.82, 2.24) is 19.9 Å². The molecule has 6 atom stereocenters. The van der Waals surface area contributed by atoms with Crippen LogP contribution in [0.4, 0.5) is 4.20 Å². The largest absolute Gasteiger partial charge is 0.394 e. The van der Waals surface area contributed by atoms with Crippen molar-refractivity contribution >= 4 is 34.7 Å². The molecule has 1 fully saturated rings. The van der Waals surface area contributed by atoms with Gasteiger partial charge in [-0.25, -0.2) is 9.67 Å². The number of carbonyl (C=O) groups is 2. The van der Waals surface area contributed by atoms with E-state index in [1.165, 1.54) is 0 Å². The number of nitrogens with one attached hydrogen (secondary N) is 1. The third kappa shape index (κ3) is 5.68. The van der Waals surface area contributed by atoms with Crippen LogP contribution in [0, 0.1) is 0 Å². The van der Waals surface area contributed by atoms with Crippen LogP contribution in [-0.2, 0) is 14.3 Å². The van der Waals surface area contributed by atoms with Crippen molar-refractivity contribution in [2.75, 3.05) is 6.61 Å². The number of rotatable bonds is 7. The summed E-state index contributed by atoms with van der Waals surface area (Å²) in [6.07, 6.45) is -4.13. The normalized spacial score (nSPS) is 26.8. The number of ether oxygens (including phenoxy) is 1. The van der Waals surface area contributed by atoms with Crippen LogP contribution in [0.1, 0.15) is 24.9 Å². The summed E-state index contributed by atoms with van der Waals surface area (Å²) in [7, 11) is -0.373. The first-order valence-electron chi connectivity index (χ1n) is 7.64. The second-order valence-electron chi connectivity index (χ2n) is 5.51. The van der Waals surface area contributed by atoms with Gasteiger partial charge in [-0.05, 0) is 0 Å². The van der Waals surface area contributed by atoms with Crippen molar-refractivity contribution in [3.05, 3.63) is 12.2 Å². The number of nitrogens with zero attached hydrogens (tertiary/aromatic N) is 4. The standard InChI is InChI=1S/C12H19FN6O6P2/c13-27(26)18-7(22)2-1-6(21)16-10(14)11-15-4-19(17-11)12-9(24)8(23)5(3-20)25-12/h4-5,8-9,12,20,23-24H,1-3,26H2,(H,18,22)(H2,14,16,21). The molecular weight excluding hydrogens is 405 g/mol. The molecular formula is C12H19FN6O6P2. The Morgan fingerprint density at radius 1 is 1.44 bits per heavy atom. The SMILES string of the molecule is NC(=NC(=O)CCC(=O)NP(F)P)c1ncn(C2OC(CO)C(O)C2O)n1. The summed E-state index contributed by atoms with van der Waals surface area (Å²) < 4.78 is 19.0. The summed E-state index contributed by atoms with van der Waals surface area (Å²) in [6, 6.07) is 0. The molecule has 1 aliphatic heterocycles. The summed E-state index contributed by atoms with van der Waals surface area (Å²) in [5, 5.41) is 34.7. The van der Waals surface area contributed by atoms with E-state index in [9.17, 15) is 24.0 Å². The Balaban J connectivity index is 1.98. The molecule has 6 unspecified atom stereocenters. The minimum atomic E-state index is -2.18. The number of halogens is 1. The van der Waals surface area contributed by atoms with Crippen molar-refractivity contribution in [2.45, 2.75) is 37.4 Å². The van der Waals surface area contributed by atoms with E-state index >= 15 is 0 Å². The summed E-state index contributed by atoms with van der Waals surface area (Å²) in [5.74, 6) is -1.82. The van der Waals surface area contributed by atoms with E-state index < -0.39 is 51.0 Å². The molecule has 15 heteroatoms. The Labute approximate surface area is 156 Å². The van der Waals surface area contributed by atoms with Gasteiger partial charge in [-0.2, -0.15) is 9.19 Å². The van der Waals surface area contributed by atoms with Gasteiger partial charge < -0.3 is 30.9 Å². The fourth-order valence-electron chi connectivity index (χ4n) is 2.25. The minimum absolute atomic E-state index is 0.136. The molecule has 1 aliphatic rings. The molecule has 6 N–H and O–H groups in total. The van der Waals surface area contributed by atoms with Gasteiger partial charge in [-0.1, -0.05) is 8.93 Å². The first-order chi connectivity index (χ1) is 12.7. The Morgan fingerprint density at radius 3 is 2.74 bits per heavy atom. The molecule has 2 heterocycles. The monoisotopic (exact) mass is 424 g/mol. The molecule has 12 nitrogen and oxygen atoms in total. The average Bonchev–Trinajstić information content (AvgIpc) is 3.18. The summed E-state index contributed by atoms with van der Waals surface area (Å²) in [5.41, 5.74) is 5.65. The molecule has 150 valence electrons. The Morgan fingerprint density at radius 2 is 2.15 bits per heavy atom. The molecule has 1 aromatic heterocycles. The topological polar surface area (TPSA) is 185 Å². The number of aliphatic hydroxyl groups is 3. The fraction of sp³-hybridized carbons (Fsp3) is 0.583. The van der Waals surface area contributed by atoms with Crippen molar-refractivity contribution in [3.63, 3.8) is 0 Å². The van der Waals surface area contributed by atoms with Crippen LogP contribution in [0.2, 0.25) is 0 Å². The van der Waals surface area contributed by atoms with Crippen molar-refractivity contribution < 1.29 is 33.8 Å². The highest BCUT2D eigenvalue weighted by molar-refractivity contribution is 8.09. The van der Waals surface area contributed by atoms with Gasteiger partial charge in [0.15, 0.2) is 20.1 Å². The van der Waals surface area contributed by atoms with Crippen molar-refractivity contribution in [2.24, 2.45) is 10.7 Å². The summed E-state index contributed by atoms with van der Waals surface area (Å²) in [4.78, 5) is 30.4. The van der Waals surface area contributed by atoms with Crippen molar-refractivity contribution in [1.29, 1.82) is 0 Å². The molecule has 27 heavy (non-hydrogen) atoms. The lowest BCUT2D eigenvalue weighted by Crippen LogP contribution is -2.33. The van der Waals surface area contributed by atoms with Gasteiger partial charge in [0.05, 0.1) is 6.61 Å². The number of aromatic nitrogens is 3. The lowest BCUT2D eigenvalue weighted by Gasteiger charge is -2.13. The van der Waals surface area contributed by atoms with E-state index in [1.54, 1.807) is 0 Å². The Hall–Kier alpha value is -1.62. The maximum absolute atomic E-state index is 12.6. The van der Waals surface area contributed by atoms with Crippen LogP contribution in [0.3, 0.4) is 0 Å². The number of aliphatic imine (C=N–C) groups is 1. The third-order valence-electron chi connectivity index (χ3n) is 3.56. The molecule has 0 spiro atoms. The van der Waals surface area contributed by atoms with Gasteiger partial charge in [0.1, 0.15) is 24.6 Å². The van der Waals surface area contributed by atoms with Crippen LogP contribution in [-0.4, -0.2) is 72.7 Å². The fourth-order valence-corrected chi connectivity index (χ4v) is 3.03. The van der Waals surface area contributed by atoms with E-state index in [1.807, 2.05) is 14.0 Å². The van der Waals surface area contributed by atoms with Gasteiger partial charge in [-0.15, -0.1) is 5.10 Å². The predicted molar refractivity (Wildman–Crippen MR) is 93.9 cm³/mol. The zero-order valence-corrected chi connectivity index (χ0v) is 15.9. The second kappa shape index (κ2) is 9.54. The first-order valence-corrected chi connectivity index (χ1v) is 10.5. The van der Waals surface area contributed by atoms with Crippen LogP contribution in [0.25, 0.3) is 0 Å². The van der Waals surface area contributed by atoms with Crippen molar-refractivity contribution in [3.8, 4) is 0 Å². The molecule has 2 amide bonds. The minimum Gasteiger partial charge on any atom is -0.394 e. The van der Waals surface area contributed by atoms with E-state index in [0.29, 0.717) is 0 Å². The van der Waals surface area contributed by atoms with Gasteiger partial charge in [0.25, 0.3) is 0 Å². The van der Waals surface area contributed by atoms with Gasteiger partial charge in [0, 0.05) is 12.8 Å². The number of nitrogens with two attached hydrogens (primary N) is 1. The van der Waals surface area contributed by atoms with Crippen LogP contribution in [0.15, 0.2) is 11.3 Å². The summed E-state index contributed by atoms with van der Waals surface area (Å²) >= 11 is 0. The number of hydrogen-bond donors (Lipinski definition) is 5. The molecule has 0 saturated carbocycles. The number of amides is 2. The lowest BCUT2D eigenvalue weighted by molar-refractivity contribution is -0.123. The number of hydrogen-bond acceptors (Lipinski definition) is 8. The second-order valence-corrected chi connectivity index (χ2v) is 7.72. The molecule has 1 aromatic rings. The molecule has 2 rings (SSSR count). The quantitative estimate of drug-likeness (QED) is 0.189. The third-order valence-corrected chi connectivity index (χ3v) is 4.41. The Kier molecular flexibility index (Phi) is 7.66. The van der Waals surface area contributed by atoms with E-state index in [0.717, 1.165) is 11.0 Å². The van der Waals surface area contributed by atoms with E-state index in [-0.39, 0.29) is 24.5 Å². The zero-order chi connectivity index (χ0) is 20.1. The number of carbonyl (C=O) groups excluding carboxylic acids is 2. The zero-order valence-electron chi connectivity index (χ0n) is 13.8. The number of aliphatic hydroxyl groups excluding tert-OH is 3. The maximum atomic E-state index is 12.6. The molecule has 0 aliphatic carbocycles. The first kappa shape index (κ1) is 21.7. The maximum Gasteiger partial charge on any atom is 0.248 e. The molecule has 0 bridgehead atoms. The van der Waals surface area contributed by atoms with Crippen LogP contribution in [0.5, 0.6) is 0 Å². The van der Waals surface area contributed by atoms with E-state index in [2.05, 4.69) is 15.1 Å². The van der Waals surface area contributed by atoms with Crippen LogP contribution >= 0.6 is 17.0 Å². The van der Waals surface area contributed by atoms with Gasteiger partial charge >= 0.3 is 0 Å². The highest BCUT2D eigenvalue weighted by atomic mass is 32.0. The van der Waals surface area contributed by atoms with E-state index in [4.69, 9.17) is 15.6 Å². The van der Waals surface area contributed by atoms with Gasteiger partial charge in [-0.3, -0.25) is 9.59 Å². The molecule has 1 saturated heterocycles. The van der Waals surface area contributed by atoms with Gasteiger partial charge in [0.2, 0.25) is 17.6 Å². The lowest BCUT2D eigenvalue weighted by atomic mass is 10.1. The highest BCUT2D eigenvalue weighted by Crippen LogP contribution is 2.40. The smallest absolute Gasteiger partial charge is 0.248 e. The average molecular weight is 424 g/mol. The molecule has 0 radical (unpaired) electrons. The highest BCUT2D eigenvalue weighted by Gasteiger charge is 2.44. The predicted octanol–water partition coefficient (Wildman–Crippen LogP) is -1.91. The summed E-state index contributed by atoms with van der Waals surface area (Å²) in [6.45, 7) is -0.497. The Bertz CT molecular complexity index is 718. The molecule has 0 aromatic carbocycles.